The van der Waals surface area contributed by atoms with Crippen LogP contribution in [-0.4, -0.2) is 36.4 Å². The second kappa shape index (κ2) is 6.01. The molecule has 2 atom stereocenters. The molecule has 0 aliphatic rings. The monoisotopic (exact) mass is 357 g/mol. The molecule has 8 heteroatoms. The van der Waals surface area contributed by atoms with Gasteiger partial charge in [-0.1, -0.05) is 15.9 Å². The molecular formula is C12H16BrN5OS. The van der Waals surface area contributed by atoms with Crippen molar-refractivity contribution in [3.63, 3.8) is 0 Å². The minimum atomic E-state index is -0.909. The van der Waals surface area contributed by atoms with Crippen LogP contribution in [0.15, 0.2) is 16.6 Å². The first-order chi connectivity index (χ1) is 9.40. The molecule has 2 unspecified atom stereocenters. The average Bonchev–Trinajstić information content (AvgIpc) is 2.81. The van der Waals surface area contributed by atoms with E-state index >= 15 is 0 Å². The molecule has 0 fully saturated rings. The third-order valence-electron chi connectivity index (χ3n) is 3.04. The molecule has 0 amide bonds. The number of nitrogen functional groups attached to an aromatic ring is 1. The second-order valence-corrected chi connectivity index (χ2v) is 7.10. The van der Waals surface area contributed by atoms with Crippen LogP contribution in [-0.2, 0) is 10.8 Å². The quantitative estimate of drug-likeness (QED) is 0.844. The fourth-order valence-corrected chi connectivity index (χ4v) is 3.31. The van der Waals surface area contributed by atoms with Crippen molar-refractivity contribution in [1.82, 2.24) is 20.2 Å². The maximum absolute atomic E-state index is 11.4. The number of anilines is 1. The van der Waals surface area contributed by atoms with Gasteiger partial charge in [0.05, 0.1) is 6.04 Å². The van der Waals surface area contributed by atoms with Crippen molar-refractivity contribution in [3.05, 3.63) is 22.2 Å². The van der Waals surface area contributed by atoms with E-state index in [1.807, 2.05) is 26.0 Å². The van der Waals surface area contributed by atoms with Crippen LogP contribution in [0, 0.1) is 6.92 Å². The van der Waals surface area contributed by atoms with Crippen LogP contribution in [0.25, 0.3) is 11.4 Å². The Balaban J connectivity index is 2.50. The van der Waals surface area contributed by atoms with Crippen molar-refractivity contribution in [3.8, 4) is 11.4 Å². The van der Waals surface area contributed by atoms with Gasteiger partial charge in [-0.05, 0) is 42.0 Å². The standard InChI is InChI=1S/C12H16BrN5OS/c1-7(6-20(3)19)18-12(15-16-17-18)10-4-9(13)5-11(14)8(10)2/h4-5,7H,6,14H2,1-3H3. The zero-order valence-corrected chi connectivity index (χ0v) is 13.9. The second-order valence-electron chi connectivity index (χ2n) is 4.70. The van der Waals surface area contributed by atoms with Crippen molar-refractivity contribution in [2.45, 2.75) is 19.9 Å². The first kappa shape index (κ1) is 15.1. The summed E-state index contributed by atoms with van der Waals surface area (Å²) in [7, 11) is -0.909. The van der Waals surface area contributed by atoms with Gasteiger partial charge in [0.2, 0.25) is 0 Å². The summed E-state index contributed by atoms with van der Waals surface area (Å²) >= 11 is 3.43. The molecule has 0 saturated heterocycles. The molecule has 0 aliphatic heterocycles. The summed E-state index contributed by atoms with van der Waals surface area (Å²) < 4.78 is 13.9. The Morgan fingerprint density at radius 2 is 2.20 bits per heavy atom. The predicted molar refractivity (Wildman–Crippen MR) is 83.7 cm³/mol. The minimum absolute atomic E-state index is 0.0505. The van der Waals surface area contributed by atoms with Gasteiger partial charge in [0.25, 0.3) is 0 Å². The molecule has 2 N–H and O–H groups in total. The maximum atomic E-state index is 11.4. The van der Waals surface area contributed by atoms with E-state index in [4.69, 9.17) is 5.73 Å². The molecule has 0 bridgehead atoms. The number of hydrogen-bond acceptors (Lipinski definition) is 5. The number of nitrogens with zero attached hydrogens (tertiary/aromatic N) is 4. The van der Waals surface area contributed by atoms with E-state index in [-0.39, 0.29) is 6.04 Å². The summed E-state index contributed by atoms with van der Waals surface area (Å²) in [5.74, 6) is 1.13. The molecule has 6 nitrogen and oxygen atoms in total. The van der Waals surface area contributed by atoms with Crippen molar-refractivity contribution in [2.75, 3.05) is 17.7 Å². The summed E-state index contributed by atoms with van der Waals surface area (Å²) in [4.78, 5) is 0. The number of benzene rings is 1. The lowest BCUT2D eigenvalue weighted by Crippen LogP contribution is -2.16. The molecule has 108 valence electrons. The number of tetrazole rings is 1. The lowest BCUT2D eigenvalue weighted by atomic mass is 10.1. The normalized spacial score (nSPS) is 14.2. The van der Waals surface area contributed by atoms with Gasteiger partial charge >= 0.3 is 0 Å². The van der Waals surface area contributed by atoms with Gasteiger partial charge in [-0.25, -0.2) is 4.68 Å². The van der Waals surface area contributed by atoms with Gasteiger partial charge in [0.1, 0.15) is 0 Å². The topological polar surface area (TPSA) is 86.7 Å². The first-order valence-corrected chi connectivity index (χ1v) is 8.56. The van der Waals surface area contributed by atoms with E-state index < -0.39 is 10.8 Å². The lowest BCUT2D eigenvalue weighted by Gasteiger charge is -2.14. The summed E-state index contributed by atoms with van der Waals surface area (Å²) in [6.07, 6.45) is 1.67. The molecule has 0 saturated carbocycles. The Bertz CT molecular complexity index is 657. The van der Waals surface area contributed by atoms with Crippen LogP contribution in [0.2, 0.25) is 0 Å². The zero-order valence-electron chi connectivity index (χ0n) is 11.5. The van der Waals surface area contributed by atoms with E-state index in [9.17, 15) is 4.21 Å². The molecule has 20 heavy (non-hydrogen) atoms. The van der Waals surface area contributed by atoms with Gasteiger partial charge in [0.15, 0.2) is 5.82 Å². The maximum Gasteiger partial charge on any atom is 0.182 e. The zero-order chi connectivity index (χ0) is 14.9. The lowest BCUT2D eigenvalue weighted by molar-refractivity contribution is 0.521. The number of halogens is 1. The Morgan fingerprint density at radius 3 is 2.85 bits per heavy atom. The highest BCUT2D eigenvalue weighted by Crippen LogP contribution is 2.30. The van der Waals surface area contributed by atoms with E-state index in [0.717, 1.165) is 15.6 Å². The van der Waals surface area contributed by atoms with E-state index in [2.05, 4.69) is 31.5 Å². The van der Waals surface area contributed by atoms with Crippen molar-refractivity contribution >= 4 is 32.4 Å². The van der Waals surface area contributed by atoms with Crippen LogP contribution in [0.5, 0.6) is 0 Å². The number of nitrogens with two attached hydrogens (primary N) is 1. The van der Waals surface area contributed by atoms with E-state index in [1.54, 1.807) is 10.9 Å². The van der Waals surface area contributed by atoms with Gasteiger partial charge < -0.3 is 5.73 Å². The highest BCUT2D eigenvalue weighted by Gasteiger charge is 2.18. The molecular weight excluding hydrogens is 342 g/mol. The molecule has 2 rings (SSSR count). The Kier molecular flexibility index (Phi) is 4.54. The van der Waals surface area contributed by atoms with Gasteiger partial charge in [-0.15, -0.1) is 5.10 Å². The fraction of sp³-hybridized carbons (Fsp3) is 0.417. The van der Waals surface area contributed by atoms with E-state index in [1.165, 1.54) is 0 Å². The Hall–Kier alpha value is -1.28. The van der Waals surface area contributed by atoms with Crippen LogP contribution >= 0.6 is 15.9 Å². The van der Waals surface area contributed by atoms with Gasteiger partial charge in [0, 0.05) is 38.5 Å². The third kappa shape index (κ3) is 3.06. The Morgan fingerprint density at radius 1 is 1.50 bits per heavy atom. The van der Waals surface area contributed by atoms with Crippen molar-refractivity contribution in [2.24, 2.45) is 0 Å². The number of hydrogen-bond donors (Lipinski definition) is 1. The first-order valence-electron chi connectivity index (χ1n) is 6.04. The van der Waals surface area contributed by atoms with Crippen molar-refractivity contribution in [1.29, 1.82) is 0 Å². The van der Waals surface area contributed by atoms with Crippen LogP contribution in [0.1, 0.15) is 18.5 Å². The molecule has 1 heterocycles. The molecule has 1 aromatic heterocycles. The average molecular weight is 358 g/mol. The molecule has 1 aromatic carbocycles. The smallest absolute Gasteiger partial charge is 0.182 e. The molecule has 0 spiro atoms. The molecule has 0 radical (unpaired) electrons. The van der Waals surface area contributed by atoms with Crippen LogP contribution in [0.4, 0.5) is 5.69 Å². The largest absolute Gasteiger partial charge is 0.398 e. The summed E-state index contributed by atoms with van der Waals surface area (Å²) in [5.41, 5.74) is 8.45. The van der Waals surface area contributed by atoms with E-state index in [0.29, 0.717) is 17.3 Å². The van der Waals surface area contributed by atoms with Crippen molar-refractivity contribution < 1.29 is 4.21 Å². The fourth-order valence-electron chi connectivity index (χ4n) is 2.01. The third-order valence-corrected chi connectivity index (χ3v) is 4.45. The van der Waals surface area contributed by atoms with Crippen LogP contribution in [0.3, 0.4) is 0 Å². The summed E-state index contributed by atoms with van der Waals surface area (Å²) in [5, 5.41) is 11.8. The SMILES string of the molecule is Cc1c(N)cc(Br)cc1-c1nnnn1C(C)CS(C)=O. The van der Waals surface area contributed by atoms with Gasteiger partial charge in [-0.2, -0.15) is 0 Å². The highest BCUT2D eigenvalue weighted by atomic mass is 79.9. The predicted octanol–water partition coefficient (Wildman–Crippen LogP) is 1.93. The Labute approximate surface area is 128 Å². The summed E-state index contributed by atoms with van der Waals surface area (Å²) in [6, 6.07) is 3.73. The van der Waals surface area contributed by atoms with Crippen LogP contribution < -0.4 is 5.73 Å². The molecule has 0 aliphatic carbocycles. The highest BCUT2D eigenvalue weighted by molar-refractivity contribution is 9.10. The van der Waals surface area contributed by atoms with Gasteiger partial charge in [-0.3, -0.25) is 4.21 Å². The molecule has 2 aromatic rings. The number of aromatic nitrogens is 4. The minimum Gasteiger partial charge on any atom is -0.398 e. The summed E-state index contributed by atoms with van der Waals surface area (Å²) in [6.45, 7) is 3.87. The number of rotatable bonds is 4.